The summed E-state index contributed by atoms with van der Waals surface area (Å²) in [6.07, 6.45) is 19.2. The summed E-state index contributed by atoms with van der Waals surface area (Å²) in [5.41, 5.74) is 0.416. The van der Waals surface area contributed by atoms with Crippen molar-refractivity contribution in [2.75, 3.05) is 7.11 Å². The van der Waals surface area contributed by atoms with E-state index in [4.69, 9.17) is 9.47 Å². The van der Waals surface area contributed by atoms with Crippen molar-refractivity contribution in [2.24, 2.45) is 40.9 Å². The van der Waals surface area contributed by atoms with Crippen molar-refractivity contribution >= 4 is 5.78 Å². The molecule has 0 saturated heterocycles. The molecule has 4 fully saturated rings. The lowest BCUT2D eigenvalue weighted by molar-refractivity contribution is -0.143. The summed E-state index contributed by atoms with van der Waals surface area (Å²) in [5.74, 6) is 4.18. The van der Waals surface area contributed by atoms with Gasteiger partial charge in [0.15, 0.2) is 0 Å². The third-order valence-corrected chi connectivity index (χ3v) is 11.0. The Morgan fingerprint density at radius 3 is 1.76 bits per heavy atom. The van der Waals surface area contributed by atoms with E-state index >= 15 is 0 Å². The first-order valence-corrected chi connectivity index (χ1v) is 15.0. The van der Waals surface area contributed by atoms with Gasteiger partial charge in [0.25, 0.3) is 0 Å². The molecule has 0 N–H and O–H groups in total. The van der Waals surface area contributed by atoms with Gasteiger partial charge in [0.05, 0.1) is 18.3 Å². The third-order valence-electron chi connectivity index (χ3n) is 11.0. The van der Waals surface area contributed by atoms with E-state index in [9.17, 15) is 4.79 Å². The van der Waals surface area contributed by atoms with Crippen LogP contribution >= 0.6 is 0 Å². The number of methoxy groups -OCH3 is 1. The van der Waals surface area contributed by atoms with E-state index in [1.807, 2.05) is 7.11 Å². The summed E-state index contributed by atoms with van der Waals surface area (Å²) >= 11 is 0. The van der Waals surface area contributed by atoms with Gasteiger partial charge in [-0.25, -0.2) is 0 Å². The van der Waals surface area contributed by atoms with E-state index in [1.54, 1.807) is 0 Å². The number of rotatable bonds is 7. The van der Waals surface area contributed by atoms with Gasteiger partial charge < -0.3 is 9.47 Å². The van der Waals surface area contributed by atoms with Crippen LogP contribution in [0.1, 0.15) is 124 Å². The van der Waals surface area contributed by atoms with Crippen LogP contribution in [0.25, 0.3) is 0 Å². The average Bonchev–Trinajstić information content (AvgIpc) is 2.84. The Morgan fingerprint density at radius 1 is 0.676 bits per heavy atom. The molecule has 4 saturated carbocycles. The number of hydrogen-bond donors (Lipinski definition) is 0. The fraction of sp³-hybridized carbons (Fsp3) is 0.968. The van der Waals surface area contributed by atoms with Crippen molar-refractivity contribution in [3.05, 3.63) is 0 Å². The summed E-state index contributed by atoms with van der Waals surface area (Å²) in [4.78, 5) is 13.5. The van der Waals surface area contributed by atoms with Crippen LogP contribution in [0.3, 0.4) is 0 Å². The highest BCUT2D eigenvalue weighted by Gasteiger charge is 2.43. The molecular formula is C31H54O3. The molecule has 0 heterocycles. The molecule has 34 heavy (non-hydrogen) atoms. The molecule has 0 aromatic carbocycles. The molecule has 3 nitrogen and oxygen atoms in total. The number of hydrogen-bond acceptors (Lipinski definition) is 3. The van der Waals surface area contributed by atoms with Crippen LogP contribution in [0.5, 0.6) is 0 Å². The quantitative estimate of drug-likeness (QED) is 0.375. The number of carbonyl (C=O) groups excluding carboxylic acids is 1. The zero-order valence-electron chi connectivity index (χ0n) is 23.0. The Balaban J connectivity index is 1.29. The summed E-state index contributed by atoms with van der Waals surface area (Å²) in [6, 6.07) is 0. The van der Waals surface area contributed by atoms with E-state index in [0.717, 1.165) is 43.4 Å². The van der Waals surface area contributed by atoms with Crippen molar-refractivity contribution < 1.29 is 14.3 Å². The fourth-order valence-corrected chi connectivity index (χ4v) is 8.22. The molecule has 0 aromatic heterocycles. The van der Waals surface area contributed by atoms with E-state index in [0.29, 0.717) is 35.2 Å². The molecule has 0 amide bonds. The second-order valence-corrected chi connectivity index (χ2v) is 13.6. The fourth-order valence-electron chi connectivity index (χ4n) is 8.22. The molecule has 0 aromatic rings. The molecule has 4 aliphatic rings. The minimum absolute atomic E-state index is 0.166. The molecule has 0 spiro atoms. The number of carbonyl (C=O) groups is 1. The Hall–Kier alpha value is -0.410. The van der Waals surface area contributed by atoms with E-state index < -0.39 is 0 Å². The van der Waals surface area contributed by atoms with Crippen LogP contribution in [0, 0.1) is 40.9 Å². The molecule has 4 rings (SSSR count). The summed E-state index contributed by atoms with van der Waals surface area (Å²) < 4.78 is 12.5. The van der Waals surface area contributed by atoms with Crippen LogP contribution in [0.15, 0.2) is 0 Å². The van der Waals surface area contributed by atoms with Gasteiger partial charge in [-0.1, -0.05) is 40.5 Å². The molecule has 3 unspecified atom stereocenters. The highest BCUT2D eigenvalue weighted by atomic mass is 16.5. The molecular weight excluding hydrogens is 420 g/mol. The van der Waals surface area contributed by atoms with Gasteiger partial charge in [-0.05, 0) is 113 Å². The smallest absolute Gasteiger partial charge is 0.141 e. The van der Waals surface area contributed by atoms with Crippen molar-refractivity contribution in [3.63, 3.8) is 0 Å². The minimum Gasteiger partial charge on any atom is -0.381 e. The molecule has 3 heteroatoms. The molecule has 4 aliphatic carbocycles. The molecule has 0 bridgehead atoms. The highest BCUT2D eigenvalue weighted by Crippen LogP contribution is 2.49. The maximum atomic E-state index is 13.5. The first-order chi connectivity index (χ1) is 16.3. The van der Waals surface area contributed by atoms with Gasteiger partial charge in [-0.2, -0.15) is 0 Å². The predicted octanol–water partition coefficient (Wildman–Crippen LogP) is 7.99. The predicted molar refractivity (Wildman–Crippen MR) is 140 cm³/mol. The molecule has 0 aliphatic heterocycles. The van der Waals surface area contributed by atoms with Gasteiger partial charge >= 0.3 is 0 Å². The summed E-state index contributed by atoms with van der Waals surface area (Å²) in [5, 5.41) is 0. The van der Waals surface area contributed by atoms with Gasteiger partial charge in [-0.15, -0.1) is 0 Å². The lowest BCUT2D eigenvalue weighted by atomic mass is 9.60. The van der Waals surface area contributed by atoms with Crippen molar-refractivity contribution in [3.8, 4) is 0 Å². The minimum atomic E-state index is 0.166. The van der Waals surface area contributed by atoms with E-state index in [1.165, 1.54) is 70.6 Å². The number of ketones is 1. The van der Waals surface area contributed by atoms with Gasteiger partial charge in [0, 0.05) is 18.9 Å². The zero-order valence-corrected chi connectivity index (χ0v) is 23.0. The van der Waals surface area contributed by atoms with Gasteiger partial charge in [0.2, 0.25) is 0 Å². The SMILES string of the molecule is COC1CCC(C(C)(C)C2CCC(OC3CC(C)CCC3C(=O)C3CCC(C)CC3)CC2)CC1. The monoisotopic (exact) mass is 474 g/mol. The van der Waals surface area contributed by atoms with Crippen molar-refractivity contribution in [2.45, 2.75) is 142 Å². The van der Waals surface area contributed by atoms with Crippen LogP contribution < -0.4 is 0 Å². The maximum absolute atomic E-state index is 13.5. The van der Waals surface area contributed by atoms with Crippen LogP contribution in [-0.2, 0) is 14.3 Å². The van der Waals surface area contributed by atoms with Crippen LogP contribution in [-0.4, -0.2) is 31.2 Å². The largest absolute Gasteiger partial charge is 0.381 e. The normalized spacial score (nSPS) is 42.3. The average molecular weight is 475 g/mol. The summed E-state index contributed by atoms with van der Waals surface area (Å²) in [6.45, 7) is 9.78. The van der Waals surface area contributed by atoms with Gasteiger partial charge in [-0.3, -0.25) is 4.79 Å². The van der Waals surface area contributed by atoms with E-state index in [-0.39, 0.29) is 12.0 Å². The van der Waals surface area contributed by atoms with Crippen LogP contribution in [0.4, 0.5) is 0 Å². The first-order valence-electron chi connectivity index (χ1n) is 15.0. The van der Waals surface area contributed by atoms with Gasteiger partial charge in [0.1, 0.15) is 5.78 Å². The van der Waals surface area contributed by atoms with E-state index in [2.05, 4.69) is 27.7 Å². The third kappa shape index (κ3) is 6.28. The second kappa shape index (κ2) is 11.8. The molecule has 0 radical (unpaired) electrons. The first kappa shape index (κ1) is 26.6. The Bertz CT molecular complexity index is 633. The highest BCUT2D eigenvalue weighted by molar-refractivity contribution is 5.84. The Labute approximate surface area is 210 Å². The lowest BCUT2D eigenvalue weighted by Crippen LogP contribution is -2.43. The number of Topliss-reactive ketones (excluding diaryl/α,β-unsaturated/α-hetero) is 1. The standard InChI is InChI=1S/C31H54O3/c1-21-6-9-23(10-7-21)30(32)28-19-8-22(2)20-29(28)34-27-17-13-25(14-18-27)31(3,4)24-11-15-26(33-5)16-12-24/h21-29H,6-20H2,1-5H3. The zero-order chi connectivity index (χ0) is 24.3. The number of ether oxygens (including phenoxy) is 2. The molecule has 3 atom stereocenters. The maximum Gasteiger partial charge on any atom is 0.141 e. The Kier molecular flexibility index (Phi) is 9.22. The van der Waals surface area contributed by atoms with Crippen molar-refractivity contribution in [1.29, 1.82) is 0 Å². The lowest BCUT2D eigenvalue weighted by Gasteiger charge is -2.47. The second-order valence-electron chi connectivity index (χ2n) is 13.6. The van der Waals surface area contributed by atoms with Crippen LogP contribution in [0.2, 0.25) is 0 Å². The Morgan fingerprint density at radius 2 is 1.21 bits per heavy atom. The molecule has 196 valence electrons. The summed E-state index contributed by atoms with van der Waals surface area (Å²) in [7, 11) is 1.87. The van der Waals surface area contributed by atoms with Crippen molar-refractivity contribution in [1.82, 2.24) is 0 Å². The topological polar surface area (TPSA) is 35.5 Å².